The van der Waals surface area contributed by atoms with Crippen LogP contribution in [0.25, 0.3) is 0 Å². The van der Waals surface area contributed by atoms with Gasteiger partial charge in [-0.25, -0.2) is 4.79 Å². The third-order valence-corrected chi connectivity index (χ3v) is 11.3. The van der Waals surface area contributed by atoms with Gasteiger partial charge in [-0.05, 0) is 85.0 Å². The van der Waals surface area contributed by atoms with Gasteiger partial charge in [-0.1, -0.05) is 62.3 Å². The number of nitrogens with two attached hydrogens (primary N) is 1. The Morgan fingerprint density at radius 2 is 1.22 bits per heavy atom. The van der Waals surface area contributed by atoms with E-state index in [9.17, 15) is 38.4 Å². The van der Waals surface area contributed by atoms with E-state index in [0.29, 0.717) is 84.5 Å². The molecule has 396 valence electrons. The lowest BCUT2D eigenvalue weighted by Crippen LogP contribution is -2.54. The molecular formula is C50H94N6O12. The Bertz CT molecular complexity index is 1500. The van der Waals surface area contributed by atoms with Gasteiger partial charge in [-0.3, -0.25) is 33.6 Å². The van der Waals surface area contributed by atoms with Gasteiger partial charge in [0.2, 0.25) is 23.6 Å². The minimum Gasteiger partial charge on any atom is -0.379 e. The van der Waals surface area contributed by atoms with Gasteiger partial charge in [-0.15, -0.1) is 0 Å². The van der Waals surface area contributed by atoms with Crippen molar-refractivity contribution >= 4 is 47.0 Å². The first kappa shape index (κ1) is 66.1. The summed E-state index contributed by atoms with van der Waals surface area (Å²) in [6.45, 7) is 29.3. The second-order valence-corrected chi connectivity index (χ2v) is 19.8. The van der Waals surface area contributed by atoms with Gasteiger partial charge in [-0.2, -0.15) is 0 Å². The standard InChI is InChI=1S/C38H72N6O10.C12H22O2/c1-10-12-32(47)44-37(6,7)17-21-54-38(8,9)16-14-30(45)40-19-22-52-24-26-53-25-23-51-20-15-31(46)43-33(27(2)3)35(49)42-29(34(48)28(4)5)13-11-18-41-36(39)50;1-6-9(4)12(14)7-11(8(2)3)10(5)13/h27-29,33H,10-26H2,1-9H3,(H,40,45)(H,42,49)(H,43,46)(H,44,47)(H3,39,41,50);8-9,11H,6-7H2,1-5H3. The molecule has 0 saturated carbocycles. The summed E-state index contributed by atoms with van der Waals surface area (Å²) in [6, 6.07) is -2.25. The Morgan fingerprint density at radius 3 is 1.74 bits per heavy atom. The van der Waals surface area contributed by atoms with E-state index in [1.54, 1.807) is 34.6 Å². The molecule has 6 amide bonds. The number of carbonyl (C=O) groups excluding carboxylic acids is 8. The van der Waals surface area contributed by atoms with E-state index >= 15 is 0 Å². The van der Waals surface area contributed by atoms with Crippen molar-refractivity contribution in [1.82, 2.24) is 26.6 Å². The van der Waals surface area contributed by atoms with Crippen LogP contribution in [-0.4, -0.2) is 130 Å². The van der Waals surface area contributed by atoms with Gasteiger partial charge in [0.05, 0.1) is 51.3 Å². The molecule has 0 aromatic rings. The third kappa shape index (κ3) is 34.3. The fourth-order valence-electron chi connectivity index (χ4n) is 6.60. The maximum atomic E-state index is 13.1. The van der Waals surface area contributed by atoms with Crippen molar-refractivity contribution < 1.29 is 57.3 Å². The maximum absolute atomic E-state index is 13.1. The highest BCUT2D eigenvalue weighted by atomic mass is 16.5. The van der Waals surface area contributed by atoms with Crippen molar-refractivity contribution in [2.24, 2.45) is 35.3 Å². The molecule has 18 heteroatoms. The van der Waals surface area contributed by atoms with Crippen molar-refractivity contribution in [3.63, 3.8) is 0 Å². The van der Waals surface area contributed by atoms with E-state index in [1.165, 1.54) is 0 Å². The molecular weight excluding hydrogens is 877 g/mol. The monoisotopic (exact) mass is 971 g/mol. The van der Waals surface area contributed by atoms with Crippen LogP contribution in [0.3, 0.4) is 0 Å². The molecule has 0 aliphatic carbocycles. The van der Waals surface area contributed by atoms with Crippen LogP contribution in [0.5, 0.6) is 0 Å². The van der Waals surface area contributed by atoms with Crippen LogP contribution in [0, 0.1) is 29.6 Å². The van der Waals surface area contributed by atoms with Crippen LogP contribution < -0.4 is 32.3 Å². The van der Waals surface area contributed by atoms with Crippen molar-refractivity contribution in [1.29, 1.82) is 0 Å². The zero-order chi connectivity index (χ0) is 52.5. The van der Waals surface area contributed by atoms with Crippen LogP contribution >= 0.6 is 0 Å². The molecule has 18 nitrogen and oxygen atoms in total. The van der Waals surface area contributed by atoms with Gasteiger partial charge < -0.3 is 51.3 Å². The predicted octanol–water partition coefficient (Wildman–Crippen LogP) is 5.36. The minimum absolute atomic E-state index is 0.0401. The molecule has 0 aliphatic rings. The van der Waals surface area contributed by atoms with E-state index in [2.05, 4.69) is 26.6 Å². The zero-order valence-electron chi connectivity index (χ0n) is 44.5. The predicted molar refractivity (Wildman–Crippen MR) is 265 cm³/mol. The minimum atomic E-state index is -0.839. The van der Waals surface area contributed by atoms with Gasteiger partial charge in [0, 0.05) is 68.7 Å². The van der Waals surface area contributed by atoms with Crippen LogP contribution in [-0.2, 0) is 52.5 Å². The van der Waals surface area contributed by atoms with E-state index < -0.39 is 29.6 Å². The highest BCUT2D eigenvalue weighted by Crippen LogP contribution is 2.21. The number of primary amides is 1. The van der Waals surface area contributed by atoms with Crippen molar-refractivity contribution in [3.8, 4) is 0 Å². The van der Waals surface area contributed by atoms with Gasteiger partial charge in [0.15, 0.2) is 5.78 Å². The SMILES string of the molecule is CCC(C)C(=O)CC(C(C)=O)C(C)C.CCCC(=O)NC(C)(C)CCOC(C)(C)CCC(=O)NCCOCCOCCOCCC(=O)NC(C(=O)NC(CCCNC(N)=O)C(=O)C(C)C)C(C)C. The molecule has 0 bridgehead atoms. The van der Waals surface area contributed by atoms with Crippen LogP contribution in [0.15, 0.2) is 0 Å². The largest absolute Gasteiger partial charge is 0.379 e. The number of urea groups is 1. The number of ketones is 3. The summed E-state index contributed by atoms with van der Waals surface area (Å²) in [5.41, 5.74) is 4.25. The maximum Gasteiger partial charge on any atom is 0.312 e. The number of carbonyl (C=O) groups is 8. The molecule has 4 atom stereocenters. The number of ether oxygens (including phenoxy) is 4. The van der Waals surface area contributed by atoms with E-state index in [-0.39, 0.29) is 96.4 Å². The molecule has 0 rings (SSSR count). The summed E-state index contributed by atoms with van der Waals surface area (Å²) in [5.74, 6) is -0.890. The summed E-state index contributed by atoms with van der Waals surface area (Å²) in [5, 5.41) is 13.9. The highest BCUT2D eigenvalue weighted by molar-refractivity contribution is 5.93. The quantitative estimate of drug-likeness (QED) is 0.0428. The topological polar surface area (TPSA) is 260 Å². The average Bonchev–Trinajstić information content (AvgIpc) is 3.24. The molecule has 0 spiro atoms. The highest BCUT2D eigenvalue weighted by Gasteiger charge is 2.30. The molecule has 0 radical (unpaired) electrons. The lowest BCUT2D eigenvalue weighted by molar-refractivity contribution is -0.133. The lowest BCUT2D eigenvalue weighted by atomic mass is 9.84. The van der Waals surface area contributed by atoms with E-state index in [0.717, 1.165) is 12.8 Å². The molecule has 0 aliphatic heterocycles. The van der Waals surface area contributed by atoms with Crippen LogP contribution in [0.4, 0.5) is 4.79 Å². The zero-order valence-corrected chi connectivity index (χ0v) is 44.5. The Labute approximate surface area is 408 Å². The summed E-state index contributed by atoms with van der Waals surface area (Å²) in [7, 11) is 0. The van der Waals surface area contributed by atoms with Crippen molar-refractivity contribution in [2.75, 3.05) is 59.3 Å². The van der Waals surface area contributed by atoms with E-state index in [1.807, 2.05) is 62.3 Å². The smallest absolute Gasteiger partial charge is 0.312 e. The Morgan fingerprint density at radius 1 is 0.632 bits per heavy atom. The molecule has 0 saturated heterocycles. The van der Waals surface area contributed by atoms with Crippen molar-refractivity contribution in [2.45, 2.75) is 184 Å². The fourth-order valence-corrected chi connectivity index (χ4v) is 6.60. The molecule has 7 N–H and O–H groups in total. The molecule has 0 aromatic carbocycles. The lowest BCUT2D eigenvalue weighted by Gasteiger charge is -2.30. The second-order valence-electron chi connectivity index (χ2n) is 19.8. The fraction of sp³-hybridized carbons (Fsp3) is 0.840. The normalized spacial score (nSPS) is 13.4. The Kier molecular flexibility index (Phi) is 35.9. The summed E-state index contributed by atoms with van der Waals surface area (Å²) in [6.07, 6.45) is 4.95. The summed E-state index contributed by atoms with van der Waals surface area (Å²) >= 11 is 0. The van der Waals surface area contributed by atoms with Crippen LogP contribution in [0.2, 0.25) is 0 Å². The molecule has 0 aromatic heterocycles. The molecule has 4 unspecified atom stereocenters. The first-order valence-corrected chi connectivity index (χ1v) is 24.8. The van der Waals surface area contributed by atoms with Gasteiger partial charge >= 0.3 is 6.03 Å². The molecule has 0 heterocycles. The number of Topliss-reactive ketones (excluding diaryl/α,β-unsaturated/α-hetero) is 3. The number of hydrogen-bond donors (Lipinski definition) is 6. The van der Waals surface area contributed by atoms with Gasteiger partial charge in [0.1, 0.15) is 17.6 Å². The summed E-state index contributed by atoms with van der Waals surface area (Å²) < 4.78 is 22.5. The van der Waals surface area contributed by atoms with E-state index in [4.69, 9.17) is 24.7 Å². The Balaban J connectivity index is 0. The average molecular weight is 971 g/mol. The molecule has 0 fully saturated rings. The summed E-state index contributed by atoms with van der Waals surface area (Å²) in [4.78, 5) is 96.4. The number of rotatable bonds is 38. The first-order valence-electron chi connectivity index (χ1n) is 24.8. The van der Waals surface area contributed by atoms with Crippen LogP contribution in [0.1, 0.15) is 161 Å². The Hall–Kier alpha value is -4.00. The second kappa shape index (κ2) is 36.9. The number of amides is 6. The first-order chi connectivity index (χ1) is 31.7. The van der Waals surface area contributed by atoms with Crippen molar-refractivity contribution in [3.05, 3.63) is 0 Å². The number of nitrogens with one attached hydrogen (secondary N) is 5. The van der Waals surface area contributed by atoms with Gasteiger partial charge in [0.25, 0.3) is 0 Å². The third-order valence-electron chi connectivity index (χ3n) is 11.3. The number of hydrogen-bond acceptors (Lipinski definition) is 12. The molecule has 68 heavy (non-hydrogen) atoms.